The zero-order valence-corrected chi connectivity index (χ0v) is 17.2. The van der Waals surface area contributed by atoms with E-state index in [2.05, 4.69) is 10.6 Å². The van der Waals surface area contributed by atoms with Crippen molar-refractivity contribution in [2.75, 3.05) is 19.4 Å². The first kappa shape index (κ1) is 21.0. The van der Waals surface area contributed by atoms with E-state index in [1.807, 2.05) is 24.3 Å². The Kier molecular flexibility index (Phi) is 6.66. The highest BCUT2D eigenvalue weighted by Gasteiger charge is 2.31. The van der Waals surface area contributed by atoms with Crippen LogP contribution < -0.4 is 21.1 Å². The lowest BCUT2D eigenvalue weighted by molar-refractivity contribution is -0.118. The zero-order chi connectivity index (χ0) is 21.0. The summed E-state index contributed by atoms with van der Waals surface area (Å²) in [6, 6.07) is 10.8. The van der Waals surface area contributed by atoms with Gasteiger partial charge >= 0.3 is 0 Å². The first-order valence-corrected chi connectivity index (χ1v) is 10.1. The van der Waals surface area contributed by atoms with E-state index >= 15 is 0 Å². The topological polar surface area (TPSA) is 111 Å². The van der Waals surface area contributed by atoms with Gasteiger partial charge in [-0.25, -0.2) is 0 Å². The highest BCUT2D eigenvalue weighted by Crippen LogP contribution is 2.28. The average molecular weight is 434 g/mol. The lowest BCUT2D eigenvalue weighted by Crippen LogP contribution is -2.26. The van der Waals surface area contributed by atoms with Gasteiger partial charge in [0, 0.05) is 12.6 Å². The Morgan fingerprint density at radius 2 is 1.93 bits per heavy atom. The smallest absolute Gasteiger partial charge is 0.286 e. The van der Waals surface area contributed by atoms with E-state index in [-0.39, 0.29) is 22.3 Å². The number of amides is 3. The fourth-order valence-electron chi connectivity index (χ4n) is 2.91. The predicted octanol–water partition coefficient (Wildman–Crippen LogP) is 2.80. The first-order chi connectivity index (χ1) is 13.9. The number of nitrogens with two attached hydrogens (primary N) is 1. The standard InChI is InChI=1S/C20H20ClN3O4S/c1-28-16-10-15(22)14(21)9-13(16)18(25)23-7-6-11-2-4-12(5-3-11)8-17-19(26)24-20(27)29-17/h2-5,9-10,17H,6-8,22H2,1H3,(H,23,25)(H,24,26,27)/t17-/m1/s1. The highest BCUT2D eigenvalue weighted by atomic mass is 35.5. The molecule has 0 saturated carbocycles. The molecule has 9 heteroatoms. The highest BCUT2D eigenvalue weighted by molar-refractivity contribution is 8.15. The second-order valence-corrected chi connectivity index (χ2v) is 8.07. The van der Waals surface area contributed by atoms with E-state index in [4.69, 9.17) is 22.1 Å². The number of carbonyl (C=O) groups excluding carboxylic acids is 3. The molecule has 1 atom stereocenters. The quantitative estimate of drug-likeness (QED) is 0.579. The number of anilines is 1. The molecule has 2 aromatic carbocycles. The molecule has 1 heterocycles. The van der Waals surface area contributed by atoms with Crippen LogP contribution in [0.25, 0.3) is 0 Å². The van der Waals surface area contributed by atoms with Gasteiger partial charge in [0.1, 0.15) is 5.75 Å². The summed E-state index contributed by atoms with van der Waals surface area (Å²) >= 11 is 7.02. The van der Waals surface area contributed by atoms with E-state index in [1.165, 1.54) is 19.2 Å². The van der Waals surface area contributed by atoms with Gasteiger partial charge in [0.05, 0.1) is 28.6 Å². The van der Waals surface area contributed by atoms with Gasteiger partial charge in [-0.05, 0) is 30.0 Å². The predicted molar refractivity (Wildman–Crippen MR) is 114 cm³/mol. The van der Waals surface area contributed by atoms with Crippen LogP contribution in [0.1, 0.15) is 21.5 Å². The monoisotopic (exact) mass is 433 g/mol. The molecule has 3 amide bonds. The SMILES string of the molecule is COc1cc(N)c(Cl)cc1C(=O)NCCc1ccc(C[C@H]2SC(=O)NC2=O)cc1. The Balaban J connectivity index is 1.53. The summed E-state index contributed by atoms with van der Waals surface area (Å²) in [7, 11) is 1.46. The van der Waals surface area contributed by atoms with Crippen LogP contribution in [0.4, 0.5) is 10.5 Å². The van der Waals surface area contributed by atoms with Crippen LogP contribution in [0, 0.1) is 0 Å². The summed E-state index contributed by atoms with van der Waals surface area (Å²) in [6.07, 6.45) is 1.13. The molecule has 29 heavy (non-hydrogen) atoms. The van der Waals surface area contributed by atoms with Gasteiger partial charge in [-0.2, -0.15) is 0 Å². The summed E-state index contributed by atoms with van der Waals surface area (Å²) in [4.78, 5) is 35.3. The Morgan fingerprint density at radius 3 is 2.55 bits per heavy atom. The number of hydrogen-bond acceptors (Lipinski definition) is 6. The van der Waals surface area contributed by atoms with Gasteiger partial charge < -0.3 is 15.8 Å². The van der Waals surface area contributed by atoms with Crippen molar-refractivity contribution in [3.63, 3.8) is 0 Å². The third kappa shape index (κ3) is 5.21. The number of rotatable bonds is 7. The van der Waals surface area contributed by atoms with Crippen molar-refractivity contribution in [2.24, 2.45) is 0 Å². The van der Waals surface area contributed by atoms with Gasteiger partial charge in [-0.15, -0.1) is 0 Å². The molecule has 4 N–H and O–H groups in total. The van der Waals surface area contributed by atoms with Gasteiger partial charge in [0.2, 0.25) is 5.91 Å². The molecule has 1 aliphatic rings. The second kappa shape index (κ2) is 9.19. The average Bonchev–Trinajstić information content (AvgIpc) is 3.01. The largest absolute Gasteiger partial charge is 0.496 e. The van der Waals surface area contributed by atoms with Crippen molar-refractivity contribution in [1.29, 1.82) is 0 Å². The van der Waals surface area contributed by atoms with Crippen LogP contribution in [0.15, 0.2) is 36.4 Å². The molecule has 1 saturated heterocycles. The van der Waals surface area contributed by atoms with Crippen molar-refractivity contribution >= 4 is 46.1 Å². The van der Waals surface area contributed by atoms with Crippen molar-refractivity contribution in [3.8, 4) is 5.75 Å². The molecule has 7 nitrogen and oxygen atoms in total. The molecule has 1 aliphatic heterocycles. The lowest BCUT2D eigenvalue weighted by Gasteiger charge is -2.11. The number of halogens is 1. The molecular weight excluding hydrogens is 414 g/mol. The normalized spacial score (nSPS) is 15.9. The fourth-order valence-corrected chi connectivity index (χ4v) is 3.94. The number of ether oxygens (including phenoxy) is 1. The molecule has 0 unspecified atom stereocenters. The molecule has 152 valence electrons. The minimum Gasteiger partial charge on any atom is -0.496 e. The van der Waals surface area contributed by atoms with Gasteiger partial charge in [-0.3, -0.25) is 19.7 Å². The Bertz CT molecular complexity index is 949. The third-order valence-electron chi connectivity index (χ3n) is 4.47. The number of benzene rings is 2. The fraction of sp³-hybridized carbons (Fsp3) is 0.250. The maximum atomic E-state index is 12.4. The summed E-state index contributed by atoms with van der Waals surface area (Å²) in [6.45, 7) is 0.429. The first-order valence-electron chi connectivity index (χ1n) is 8.88. The van der Waals surface area contributed by atoms with Crippen molar-refractivity contribution in [3.05, 3.63) is 58.1 Å². The molecule has 0 radical (unpaired) electrons. The number of thioether (sulfide) groups is 1. The molecule has 2 aromatic rings. The van der Waals surface area contributed by atoms with E-state index < -0.39 is 0 Å². The minimum absolute atomic E-state index is 0.245. The Labute approximate surface area is 177 Å². The Morgan fingerprint density at radius 1 is 1.24 bits per heavy atom. The van der Waals surface area contributed by atoms with E-state index in [9.17, 15) is 14.4 Å². The number of methoxy groups -OCH3 is 1. The van der Waals surface area contributed by atoms with Crippen molar-refractivity contribution in [1.82, 2.24) is 10.6 Å². The van der Waals surface area contributed by atoms with Gasteiger partial charge in [0.15, 0.2) is 0 Å². The maximum absolute atomic E-state index is 12.4. The van der Waals surface area contributed by atoms with Crippen molar-refractivity contribution in [2.45, 2.75) is 18.1 Å². The second-order valence-electron chi connectivity index (χ2n) is 6.48. The minimum atomic E-state index is -0.380. The van der Waals surface area contributed by atoms with Crippen LogP contribution in [0.3, 0.4) is 0 Å². The van der Waals surface area contributed by atoms with Gasteiger partial charge in [0.25, 0.3) is 11.1 Å². The zero-order valence-electron chi connectivity index (χ0n) is 15.7. The third-order valence-corrected chi connectivity index (χ3v) is 5.78. The van der Waals surface area contributed by atoms with E-state index in [0.29, 0.717) is 41.4 Å². The van der Waals surface area contributed by atoms with E-state index in [1.54, 1.807) is 0 Å². The molecule has 3 rings (SSSR count). The number of nitrogen functional groups attached to an aromatic ring is 1. The van der Waals surface area contributed by atoms with Crippen LogP contribution >= 0.6 is 23.4 Å². The van der Waals surface area contributed by atoms with Crippen LogP contribution in [-0.2, 0) is 17.6 Å². The Hall–Kier alpha value is -2.71. The molecule has 0 bridgehead atoms. The number of nitrogens with one attached hydrogen (secondary N) is 2. The molecular formula is C20H20ClN3O4S. The van der Waals surface area contributed by atoms with E-state index in [0.717, 1.165) is 22.9 Å². The molecule has 1 fully saturated rings. The van der Waals surface area contributed by atoms with Gasteiger partial charge in [-0.1, -0.05) is 47.6 Å². The molecule has 0 aliphatic carbocycles. The van der Waals surface area contributed by atoms with Crippen LogP contribution in [-0.4, -0.2) is 36.0 Å². The summed E-state index contributed by atoms with van der Waals surface area (Å²) in [5.41, 5.74) is 8.42. The lowest BCUT2D eigenvalue weighted by atomic mass is 10.1. The molecule has 0 aromatic heterocycles. The number of imide groups is 1. The molecule has 0 spiro atoms. The van der Waals surface area contributed by atoms with Crippen LogP contribution in [0.2, 0.25) is 5.02 Å². The van der Waals surface area contributed by atoms with Crippen molar-refractivity contribution < 1.29 is 19.1 Å². The summed E-state index contributed by atoms with van der Waals surface area (Å²) in [5, 5.41) is 4.74. The maximum Gasteiger partial charge on any atom is 0.286 e. The van der Waals surface area contributed by atoms with Crippen LogP contribution in [0.5, 0.6) is 5.75 Å². The number of carbonyl (C=O) groups is 3. The summed E-state index contributed by atoms with van der Waals surface area (Å²) < 4.78 is 5.20. The summed E-state index contributed by atoms with van der Waals surface area (Å²) in [5.74, 6) is -0.180. The number of hydrogen-bond donors (Lipinski definition) is 3.